The molecule has 1 aliphatic heterocycles. The number of imidazole rings is 1. The number of rotatable bonds is 5. The maximum atomic E-state index is 12.9. The van der Waals surface area contributed by atoms with Crippen LogP contribution >= 0.6 is 0 Å². The Balaban J connectivity index is 1.60. The van der Waals surface area contributed by atoms with Crippen molar-refractivity contribution < 1.29 is 14.3 Å². The van der Waals surface area contributed by atoms with Crippen LogP contribution in [-0.2, 0) is 20.7 Å². The van der Waals surface area contributed by atoms with Crippen LogP contribution in [0.4, 0.5) is 0 Å². The van der Waals surface area contributed by atoms with Crippen molar-refractivity contribution in [3.05, 3.63) is 29.7 Å². The molecule has 0 radical (unpaired) electrons. The lowest BCUT2D eigenvalue weighted by molar-refractivity contribution is -0.164. The van der Waals surface area contributed by atoms with Crippen LogP contribution in [0.5, 0.6) is 0 Å². The molecule has 3 N–H and O–H groups in total. The molecular formula is C24H35N5O3. The molecule has 32 heavy (non-hydrogen) atoms. The summed E-state index contributed by atoms with van der Waals surface area (Å²) in [6, 6.07) is 3.59. The zero-order chi connectivity index (χ0) is 23.1. The number of amides is 1. The number of hydrogen-bond donors (Lipinski definition) is 2. The van der Waals surface area contributed by atoms with Crippen molar-refractivity contribution >= 4 is 17.5 Å². The summed E-state index contributed by atoms with van der Waals surface area (Å²) in [6.07, 6.45) is 7.13. The Hall–Kier alpha value is -2.48. The molecule has 0 spiro atoms. The molecule has 0 aromatic carbocycles. The second kappa shape index (κ2) is 8.46. The number of aromatic nitrogens is 3. The zero-order valence-electron chi connectivity index (χ0n) is 19.6. The highest BCUT2D eigenvalue weighted by atomic mass is 16.5. The molecule has 8 nitrogen and oxygen atoms in total. The quantitative estimate of drug-likeness (QED) is 0.545. The second-order valence-corrected chi connectivity index (χ2v) is 10.6. The van der Waals surface area contributed by atoms with E-state index >= 15 is 0 Å². The van der Waals surface area contributed by atoms with Crippen molar-refractivity contribution in [2.24, 2.45) is 28.4 Å². The minimum absolute atomic E-state index is 0.112. The first-order valence-corrected chi connectivity index (χ1v) is 11.6. The van der Waals surface area contributed by atoms with Crippen LogP contribution in [0.25, 0.3) is 5.65 Å². The molecule has 1 amide bonds. The number of nitrogens with two attached hydrogens (primary N) is 1. The maximum Gasteiger partial charge on any atom is 0.321 e. The van der Waals surface area contributed by atoms with E-state index in [1.54, 1.807) is 4.52 Å². The summed E-state index contributed by atoms with van der Waals surface area (Å²) in [5.41, 5.74) is 7.25. The van der Waals surface area contributed by atoms with E-state index in [1.807, 2.05) is 32.2 Å². The van der Waals surface area contributed by atoms with Gasteiger partial charge in [0.2, 0.25) is 5.91 Å². The number of carbonyl (C=O) groups excluding carboxylic acids is 2. The topological polar surface area (TPSA) is 112 Å². The molecule has 1 saturated heterocycles. The molecule has 3 heterocycles. The third kappa shape index (κ3) is 4.25. The number of hydrogen-bond acceptors (Lipinski definition) is 6. The number of esters is 1. The summed E-state index contributed by atoms with van der Waals surface area (Å²) >= 11 is 0. The van der Waals surface area contributed by atoms with Gasteiger partial charge in [-0.3, -0.25) is 9.59 Å². The molecule has 1 saturated carbocycles. The van der Waals surface area contributed by atoms with Gasteiger partial charge in [0, 0.05) is 13.0 Å². The van der Waals surface area contributed by atoms with Gasteiger partial charge in [0.15, 0.2) is 11.1 Å². The Labute approximate surface area is 189 Å². The van der Waals surface area contributed by atoms with Crippen LogP contribution < -0.4 is 11.1 Å². The second-order valence-electron chi connectivity index (χ2n) is 10.6. The molecule has 2 aromatic heterocycles. The van der Waals surface area contributed by atoms with Crippen molar-refractivity contribution in [2.75, 3.05) is 13.7 Å². The van der Waals surface area contributed by atoms with Gasteiger partial charge in [0.1, 0.15) is 0 Å². The van der Waals surface area contributed by atoms with Crippen molar-refractivity contribution in [1.29, 1.82) is 0 Å². The van der Waals surface area contributed by atoms with Gasteiger partial charge in [0.25, 0.3) is 0 Å². The predicted octanol–water partition coefficient (Wildman–Crippen LogP) is 2.80. The average Bonchev–Trinajstić information content (AvgIpc) is 3.19. The zero-order valence-corrected chi connectivity index (χ0v) is 19.6. The minimum Gasteiger partial charge on any atom is -0.468 e. The lowest BCUT2D eigenvalue weighted by atomic mass is 9.67. The van der Waals surface area contributed by atoms with E-state index in [4.69, 9.17) is 15.5 Å². The molecule has 2 aliphatic rings. The maximum absolute atomic E-state index is 12.9. The third-order valence-corrected chi connectivity index (χ3v) is 7.31. The fourth-order valence-electron chi connectivity index (χ4n) is 5.41. The van der Waals surface area contributed by atoms with Crippen LogP contribution in [-0.4, -0.2) is 40.1 Å². The number of carbonyl (C=O) groups is 2. The van der Waals surface area contributed by atoms with Gasteiger partial charge in [-0.15, -0.1) is 0 Å². The van der Waals surface area contributed by atoms with Crippen molar-refractivity contribution in [1.82, 2.24) is 19.9 Å². The number of piperidine rings is 1. The molecule has 2 atom stereocenters. The van der Waals surface area contributed by atoms with Gasteiger partial charge >= 0.3 is 5.97 Å². The first-order valence-electron chi connectivity index (χ1n) is 11.6. The first kappa shape index (κ1) is 22.7. The summed E-state index contributed by atoms with van der Waals surface area (Å²) in [6.45, 7) is 6.90. The molecule has 8 heteroatoms. The van der Waals surface area contributed by atoms with Gasteiger partial charge in [-0.2, -0.15) is 5.10 Å². The summed E-state index contributed by atoms with van der Waals surface area (Å²) < 4.78 is 6.78. The lowest BCUT2D eigenvalue weighted by Gasteiger charge is -2.41. The standard InChI is InChI=1S/C24H35N5O3/c1-15-5-7-16(8-6-15)20(25)18-12-29-19(27-18)10-9-17(28-29)11-24(22(31)32-4)13-23(2,3)14-26-21(24)30/h9-10,12,15-16,20H,5-8,11,13-14,25H2,1-4H3,(H,26,30)/t15?,16?,20-,24+/m0/s1. The number of nitrogens with zero attached hydrogens (tertiary/aromatic N) is 3. The fraction of sp³-hybridized carbons (Fsp3) is 0.667. The van der Waals surface area contributed by atoms with Crippen LogP contribution in [0.15, 0.2) is 18.3 Å². The largest absolute Gasteiger partial charge is 0.468 e. The summed E-state index contributed by atoms with van der Waals surface area (Å²) in [5.74, 6) is 0.383. The van der Waals surface area contributed by atoms with E-state index in [9.17, 15) is 9.59 Å². The Morgan fingerprint density at radius 3 is 2.72 bits per heavy atom. The Bertz CT molecular complexity index is 998. The molecule has 1 aliphatic carbocycles. The van der Waals surface area contributed by atoms with Crippen molar-refractivity contribution in [2.45, 2.75) is 65.3 Å². The van der Waals surface area contributed by atoms with Crippen LogP contribution in [0, 0.1) is 22.7 Å². The van der Waals surface area contributed by atoms with Gasteiger partial charge in [-0.25, -0.2) is 9.50 Å². The SMILES string of the molecule is COC(=O)[C@]1(Cc2ccc3nc([C@@H](N)C4CCC(C)CC4)cn3n2)CC(C)(C)CNC1=O. The number of nitrogens with one attached hydrogen (secondary N) is 1. The fourth-order valence-corrected chi connectivity index (χ4v) is 5.41. The lowest BCUT2D eigenvalue weighted by Crippen LogP contribution is -2.57. The molecule has 2 fully saturated rings. The molecular weight excluding hydrogens is 406 g/mol. The third-order valence-electron chi connectivity index (χ3n) is 7.31. The predicted molar refractivity (Wildman–Crippen MR) is 121 cm³/mol. The number of fused-ring (bicyclic) bond motifs is 1. The molecule has 2 aromatic rings. The van der Waals surface area contributed by atoms with E-state index in [1.165, 1.54) is 20.0 Å². The summed E-state index contributed by atoms with van der Waals surface area (Å²) in [7, 11) is 1.32. The van der Waals surface area contributed by atoms with E-state index in [-0.39, 0.29) is 23.8 Å². The Morgan fingerprint density at radius 1 is 1.31 bits per heavy atom. The molecule has 174 valence electrons. The van der Waals surface area contributed by atoms with Crippen LogP contribution in [0.2, 0.25) is 0 Å². The highest BCUT2D eigenvalue weighted by Gasteiger charge is 2.53. The Morgan fingerprint density at radius 2 is 2.03 bits per heavy atom. The van der Waals surface area contributed by atoms with E-state index in [0.29, 0.717) is 30.2 Å². The van der Waals surface area contributed by atoms with Crippen molar-refractivity contribution in [3.8, 4) is 0 Å². The van der Waals surface area contributed by atoms with E-state index in [0.717, 1.165) is 24.5 Å². The average molecular weight is 442 g/mol. The minimum atomic E-state index is -1.30. The first-order chi connectivity index (χ1) is 15.1. The van der Waals surface area contributed by atoms with Crippen LogP contribution in [0.3, 0.4) is 0 Å². The normalized spacial score (nSPS) is 28.8. The van der Waals surface area contributed by atoms with E-state index in [2.05, 4.69) is 17.3 Å². The molecule has 0 unspecified atom stereocenters. The van der Waals surface area contributed by atoms with Crippen molar-refractivity contribution in [3.63, 3.8) is 0 Å². The van der Waals surface area contributed by atoms with E-state index < -0.39 is 11.4 Å². The molecule has 4 rings (SSSR count). The summed E-state index contributed by atoms with van der Waals surface area (Å²) in [4.78, 5) is 30.4. The number of ether oxygens (including phenoxy) is 1. The van der Waals surface area contributed by atoms with Gasteiger partial charge in [0.05, 0.1) is 30.7 Å². The summed E-state index contributed by atoms with van der Waals surface area (Å²) in [5, 5.41) is 7.58. The highest BCUT2D eigenvalue weighted by molar-refractivity contribution is 6.03. The highest BCUT2D eigenvalue weighted by Crippen LogP contribution is 2.41. The van der Waals surface area contributed by atoms with Gasteiger partial charge < -0.3 is 15.8 Å². The molecule has 0 bridgehead atoms. The van der Waals surface area contributed by atoms with Gasteiger partial charge in [-0.1, -0.05) is 33.6 Å². The monoisotopic (exact) mass is 441 g/mol. The van der Waals surface area contributed by atoms with Crippen LogP contribution in [0.1, 0.15) is 70.3 Å². The smallest absolute Gasteiger partial charge is 0.321 e. The van der Waals surface area contributed by atoms with Gasteiger partial charge in [-0.05, 0) is 48.6 Å². The number of methoxy groups -OCH3 is 1. The Kier molecular flexibility index (Phi) is 6.00.